The Labute approximate surface area is 279 Å². The van der Waals surface area contributed by atoms with Crippen molar-refractivity contribution in [1.29, 1.82) is 0 Å². The van der Waals surface area contributed by atoms with Crippen LogP contribution in [0.2, 0.25) is 0 Å². The first kappa shape index (κ1) is 44.2. The topological polar surface area (TPSA) is 140 Å². The van der Waals surface area contributed by atoms with Gasteiger partial charge >= 0.3 is 19.8 Å². The Morgan fingerprint density at radius 2 is 1.22 bits per heavy atom. The number of phosphoric acid groups is 1. The Morgan fingerprint density at radius 3 is 1.78 bits per heavy atom. The van der Waals surface area contributed by atoms with Crippen molar-refractivity contribution in [3.63, 3.8) is 0 Å². The van der Waals surface area contributed by atoms with Gasteiger partial charge in [0, 0.05) is 12.8 Å². The predicted molar refractivity (Wildman–Crippen MR) is 185 cm³/mol. The first-order valence-corrected chi connectivity index (χ1v) is 19.4. The van der Waals surface area contributed by atoms with Gasteiger partial charge in [-0.05, 0) is 32.1 Å². The quantitative estimate of drug-likeness (QED) is 0.0210. The van der Waals surface area contributed by atoms with Gasteiger partial charge in [-0.15, -0.1) is 0 Å². The van der Waals surface area contributed by atoms with Crippen LogP contribution in [0, 0.1) is 0 Å². The first-order chi connectivity index (χ1) is 22.2. The number of allylic oxidation sites excluding steroid dienone is 5. The fourth-order valence-corrected chi connectivity index (χ4v) is 5.21. The molecule has 0 rings (SSSR count). The summed E-state index contributed by atoms with van der Waals surface area (Å²) >= 11 is 0. The van der Waals surface area contributed by atoms with Gasteiger partial charge in [-0.3, -0.25) is 14.1 Å². The number of hydrogen-bond donors (Lipinski definition) is 3. The summed E-state index contributed by atoms with van der Waals surface area (Å²) in [5.74, 6) is -0.962. The molecule has 0 spiro atoms. The van der Waals surface area contributed by atoms with E-state index >= 15 is 0 Å². The molecule has 0 radical (unpaired) electrons. The van der Waals surface area contributed by atoms with Crippen LogP contribution in [0.1, 0.15) is 155 Å². The number of carbonyl (C=O) groups is 2. The number of phosphoric ester groups is 1. The van der Waals surface area contributed by atoms with Crippen molar-refractivity contribution in [2.24, 2.45) is 0 Å². The van der Waals surface area contributed by atoms with Gasteiger partial charge in [0.15, 0.2) is 6.10 Å². The fourth-order valence-electron chi connectivity index (χ4n) is 4.85. The molecule has 2 atom stereocenters. The standard InChI is InChI=1S/C36H65O9P/c1-3-5-7-9-11-12-13-14-15-17-21-25-29-35(38)43-31-34(32-44-46(40,41)42)45-36(39)30-26-22-18-20-24-28-33(37)27-23-19-16-10-8-6-4-2/h6,8,16,19,23,27,33-34,37H,3-5,7,9-15,17-18,20-22,24-26,28-32H2,1-2H3,(H2,40,41,42)/b8-6+,19-16+,27-23+/t33?,34-/m1/s1. The van der Waals surface area contributed by atoms with Crippen molar-refractivity contribution in [2.45, 2.75) is 167 Å². The van der Waals surface area contributed by atoms with Crippen LogP contribution in [0.15, 0.2) is 36.5 Å². The highest BCUT2D eigenvalue weighted by atomic mass is 31.2. The maximum Gasteiger partial charge on any atom is 0.469 e. The van der Waals surface area contributed by atoms with Crippen LogP contribution in [0.3, 0.4) is 0 Å². The highest BCUT2D eigenvalue weighted by Gasteiger charge is 2.22. The molecule has 0 saturated carbocycles. The van der Waals surface area contributed by atoms with Gasteiger partial charge in [-0.1, -0.05) is 147 Å². The summed E-state index contributed by atoms with van der Waals surface area (Å²) in [5.41, 5.74) is 0. The summed E-state index contributed by atoms with van der Waals surface area (Å²) in [6.45, 7) is 3.45. The smallest absolute Gasteiger partial charge is 0.462 e. The van der Waals surface area contributed by atoms with Gasteiger partial charge in [0.1, 0.15) is 6.61 Å². The van der Waals surface area contributed by atoms with Gasteiger partial charge in [0.05, 0.1) is 12.7 Å². The number of unbranched alkanes of at least 4 members (excludes halogenated alkanes) is 15. The van der Waals surface area contributed by atoms with E-state index in [4.69, 9.17) is 19.3 Å². The minimum Gasteiger partial charge on any atom is -0.462 e. The largest absolute Gasteiger partial charge is 0.469 e. The zero-order chi connectivity index (χ0) is 34.1. The van der Waals surface area contributed by atoms with Gasteiger partial charge < -0.3 is 24.4 Å². The maximum atomic E-state index is 12.3. The Balaban J connectivity index is 4.09. The first-order valence-electron chi connectivity index (χ1n) is 17.9. The molecule has 0 heterocycles. The molecule has 0 aliphatic heterocycles. The number of ether oxygens (including phenoxy) is 2. The summed E-state index contributed by atoms with van der Waals surface area (Å²) in [7, 11) is -4.77. The van der Waals surface area contributed by atoms with Crippen molar-refractivity contribution in [3.8, 4) is 0 Å². The van der Waals surface area contributed by atoms with E-state index < -0.39 is 38.6 Å². The third-order valence-corrected chi connectivity index (χ3v) is 8.01. The summed E-state index contributed by atoms with van der Waals surface area (Å²) in [6, 6.07) is 0. The molecule has 0 amide bonds. The van der Waals surface area contributed by atoms with Crippen molar-refractivity contribution in [1.82, 2.24) is 0 Å². The van der Waals surface area contributed by atoms with Crippen LogP contribution < -0.4 is 0 Å². The lowest BCUT2D eigenvalue weighted by molar-refractivity contribution is -0.161. The lowest BCUT2D eigenvalue weighted by atomic mass is 10.0. The number of aliphatic hydroxyl groups is 1. The molecule has 46 heavy (non-hydrogen) atoms. The lowest BCUT2D eigenvalue weighted by Crippen LogP contribution is -2.29. The zero-order valence-corrected chi connectivity index (χ0v) is 29.7. The Hall–Kier alpha value is -1.77. The number of esters is 2. The number of carbonyl (C=O) groups excluding carboxylic acids is 2. The Morgan fingerprint density at radius 1 is 0.674 bits per heavy atom. The summed E-state index contributed by atoms with van der Waals surface area (Å²) in [6.07, 6.45) is 31.7. The van der Waals surface area contributed by atoms with Crippen molar-refractivity contribution >= 4 is 19.8 Å². The van der Waals surface area contributed by atoms with Gasteiger partial charge in [-0.25, -0.2) is 4.57 Å². The SMILES string of the molecule is CC/C=C/C/C=C/C=C/C(O)CCCCCCCC(=O)O[C@H](COC(=O)CCCCCCCCCCCCCC)COP(=O)(O)O. The van der Waals surface area contributed by atoms with E-state index in [-0.39, 0.29) is 19.4 Å². The average molecular weight is 673 g/mol. The van der Waals surface area contributed by atoms with Crippen molar-refractivity contribution in [2.75, 3.05) is 13.2 Å². The van der Waals surface area contributed by atoms with Crippen LogP contribution in [-0.2, 0) is 28.2 Å². The maximum absolute atomic E-state index is 12.3. The van der Waals surface area contributed by atoms with Crippen molar-refractivity contribution in [3.05, 3.63) is 36.5 Å². The molecular weight excluding hydrogens is 607 g/mol. The van der Waals surface area contributed by atoms with Crippen LogP contribution >= 0.6 is 7.82 Å². The highest BCUT2D eigenvalue weighted by molar-refractivity contribution is 7.46. The Bertz CT molecular complexity index is 866. The summed E-state index contributed by atoms with van der Waals surface area (Å²) < 4.78 is 26.2. The molecule has 10 heteroatoms. The number of aliphatic hydroxyl groups excluding tert-OH is 1. The molecule has 0 aromatic rings. The zero-order valence-electron chi connectivity index (χ0n) is 28.8. The second-order valence-electron chi connectivity index (χ2n) is 12.0. The molecule has 0 aliphatic rings. The Kier molecular flexibility index (Phi) is 30.6. The van der Waals surface area contributed by atoms with Crippen LogP contribution in [-0.4, -0.2) is 52.3 Å². The number of hydrogen-bond acceptors (Lipinski definition) is 7. The predicted octanol–water partition coefficient (Wildman–Crippen LogP) is 9.20. The molecule has 268 valence electrons. The fraction of sp³-hybridized carbons (Fsp3) is 0.778. The molecule has 1 unspecified atom stereocenters. The molecule has 3 N–H and O–H groups in total. The third kappa shape index (κ3) is 33.6. The average Bonchev–Trinajstić information content (AvgIpc) is 3.01. The van der Waals surface area contributed by atoms with Crippen molar-refractivity contribution < 1.29 is 43.0 Å². The van der Waals surface area contributed by atoms with E-state index in [0.717, 1.165) is 57.8 Å². The minimum absolute atomic E-state index is 0.143. The monoisotopic (exact) mass is 672 g/mol. The lowest BCUT2D eigenvalue weighted by Gasteiger charge is -2.18. The minimum atomic E-state index is -4.77. The van der Waals surface area contributed by atoms with E-state index in [9.17, 15) is 19.3 Å². The molecule has 9 nitrogen and oxygen atoms in total. The molecule has 0 aliphatic carbocycles. The molecular formula is C36H65O9P. The summed E-state index contributed by atoms with van der Waals surface area (Å²) in [5, 5.41) is 10.1. The second kappa shape index (κ2) is 31.8. The second-order valence-corrected chi connectivity index (χ2v) is 13.3. The van der Waals surface area contributed by atoms with E-state index in [1.54, 1.807) is 6.08 Å². The number of rotatable bonds is 32. The molecule has 0 aromatic carbocycles. The van der Waals surface area contributed by atoms with E-state index in [1.165, 1.54) is 51.4 Å². The normalized spacial score (nSPS) is 13.6. The van der Waals surface area contributed by atoms with Gasteiger partial charge in [-0.2, -0.15) is 0 Å². The van der Waals surface area contributed by atoms with E-state index in [2.05, 4.69) is 30.5 Å². The molecule has 0 saturated heterocycles. The molecule has 0 aromatic heterocycles. The van der Waals surface area contributed by atoms with Gasteiger partial charge in [0.25, 0.3) is 0 Å². The molecule has 0 fully saturated rings. The third-order valence-electron chi connectivity index (χ3n) is 7.53. The van der Waals surface area contributed by atoms with E-state index in [0.29, 0.717) is 19.3 Å². The summed E-state index contributed by atoms with van der Waals surface area (Å²) in [4.78, 5) is 42.6. The van der Waals surface area contributed by atoms with E-state index in [1.807, 2.05) is 18.2 Å². The van der Waals surface area contributed by atoms with Crippen LogP contribution in [0.25, 0.3) is 0 Å². The van der Waals surface area contributed by atoms with Crippen LogP contribution in [0.5, 0.6) is 0 Å². The highest BCUT2D eigenvalue weighted by Crippen LogP contribution is 2.36. The van der Waals surface area contributed by atoms with Crippen LogP contribution in [0.4, 0.5) is 0 Å². The molecule has 0 bridgehead atoms. The van der Waals surface area contributed by atoms with Gasteiger partial charge in [0.2, 0.25) is 0 Å².